The number of aliphatic hydroxyl groups excluding tert-OH is 1. The maximum atomic E-state index is 11.2. The number of benzene rings is 1. The van der Waals surface area contributed by atoms with Crippen molar-refractivity contribution < 1.29 is 19.4 Å². The summed E-state index contributed by atoms with van der Waals surface area (Å²) < 4.78 is 4.86. The second-order valence-corrected chi connectivity index (χ2v) is 3.33. The van der Waals surface area contributed by atoms with Crippen molar-refractivity contribution in [3.05, 3.63) is 34.4 Å². The SMILES string of the molecule is O=CCc1ccc2c(c1CO)COC2=O. The number of ether oxygens (including phenoxy) is 1. The van der Waals surface area contributed by atoms with E-state index in [0.717, 1.165) is 11.8 Å². The fourth-order valence-corrected chi connectivity index (χ4v) is 1.79. The summed E-state index contributed by atoms with van der Waals surface area (Å²) in [5.74, 6) is -0.364. The van der Waals surface area contributed by atoms with E-state index in [1.54, 1.807) is 12.1 Å². The van der Waals surface area contributed by atoms with Gasteiger partial charge in [0.2, 0.25) is 0 Å². The van der Waals surface area contributed by atoms with E-state index in [-0.39, 0.29) is 25.6 Å². The number of carbonyl (C=O) groups excluding carboxylic acids is 2. The van der Waals surface area contributed by atoms with Crippen LogP contribution < -0.4 is 0 Å². The summed E-state index contributed by atoms with van der Waals surface area (Å²) in [4.78, 5) is 21.7. The third-order valence-electron chi connectivity index (χ3n) is 2.56. The Morgan fingerprint density at radius 3 is 2.93 bits per heavy atom. The minimum atomic E-state index is -0.364. The minimum Gasteiger partial charge on any atom is -0.457 e. The van der Waals surface area contributed by atoms with E-state index in [4.69, 9.17) is 4.74 Å². The van der Waals surface area contributed by atoms with Crippen molar-refractivity contribution in [2.24, 2.45) is 0 Å². The Bertz CT molecular complexity index is 423. The predicted octanol–water partition coefficient (Wildman–Crippen LogP) is 0.591. The number of aldehydes is 1. The monoisotopic (exact) mass is 206 g/mol. The molecule has 0 bridgehead atoms. The van der Waals surface area contributed by atoms with E-state index in [2.05, 4.69) is 0 Å². The van der Waals surface area contributed by atoms with Crippen LogP contribution in [0.4, 0.5) is 0 Å². The van der Waals surface area contributed by atoms with Crippen molar-refractivity contribution in [2.75, 3.05) is 0 Å². The molecule has 4 heteroatoms. The van der Waals surface area contributed by atoms with E-state index in [1.165, 1.54) is 0 Å². The molecule has 4 nitrogen and oxygen atoms in total. The van der Waals surface area contributed by atoms with Gasteiger partial charge in [0, 0.05) is 12.0 Å². The maximum Gasteiger partial charge on any atom is 0.338 e. The molecule has 1 heterocycles. The molecule has 78 valence electrons. The lowest BCUT2D eigenvalue weighted by molar-refractivity contribution is -0.107. The van der Waals surface area contributed by atoms with Crippen LogP contribution in [0.15, 0.2) is 12.1 Å². The van der Waals surface area contributed by atoms with Gasteiger partial charge in [-0.2, -0.15) is 0 Å². The Morgan fingerprint density at radius 2 is 2.27 bits per heavy atom. The average molecular weight is 206 g/mol. The van der Waals surface area contributed by atoms with Gasteiger partial charge in [-0.15, -0.1) is 0 Å². The molecule has 0 aliphatic carbocycles. The molecule has 0 fully saturated rings. The maximum absolute atomic E-state index is 11.2. The van der Waals surface area contributed by atoms with Gasteiger partial charge in [0.15, 0.2) is 0 Å². The van der Waals surface area contributed by atoms with Gasteiger partial charge >= 0.3 is 5.97 Å². The standard InChI is InChI=1S/C11H10O4/c12-4-3-7-1-2-8-10(9(7)5-13)6-15-11(8)14/h1-2,4,13H,3,5-6H2. The number of esters is 1. The highest BCUT2D eigenvalue weighted by Gasteiger charge is 2.24. The molecular formula is C11H10O4. The Labute approximate surface area is 86.5 Å². The second-order valence-electron chi connectivity index (χ2n) is 3.33. The van der Waals surface area contributed by atoms with Gasteiger partial charge in [0.25, 0.3) is 0 Å². The van der Waals surface area contributed by atoms with Crippen LogP contribution in [0.25, 0.3) is 0 Å². The van der Waals surface area contributed by atoms with E-state index >= 15 is 0 Å². The van der Waals surface area contributed by atoms with Crippen LogP contribution in [0.3, 0.4) is 0 Å². The first-order chi connectivity index (χ1) is 7.27. The molecule has 0 spiro atoms. The van der Waals surface area contributed by atoms with Crippen molar-refractivity contribution in [1.29, 1.82) is 0 Å². The lowest BCUT2D eigenvalue weighted by Crippen LogP contribution is -2.02. The largest absolute Gasteiger partial charge is 0.457 e. The van der Waals surface area contributed by atoms with Crippen molar-refractivity contribution in [3.63, 3.8) is 0 Å². The molecule has 0 saturated carbocycles. The number of hydrogen-bond donors (Lipinski definition) is 1. The third-order valence-corrected chi connectivity index (χ3v) is 2.56. The second kappa shape index (κ2) is 3.82. The number of carbonyl (C=O) groups is 2. The molecule has 0 atom stereocenters. The van der Waals surface area contributed by atoms with Crippen molar-refractivity contribution in [2.45, 2.75) is 19.6 Å². The van der Waals surface area contributed by atoms with E-state index in [0.29, 0.717) is 16.7 Å². The highest BCUT2D eigenvalue weighted by atomic mass is 16.5. The smallest absolute Gasteiger partial charge is 0.338 e. The molecule has 0 radical (unpaired) electrons. The molecule has 0 aromatic heterocycles. The lowest BCUT2D eigenvalue weighted by atomic mass is 9.96. The summed E-state index contributed by atoms with van der Waals surface area (Å²) in [6, 6.07) is 3.33. The molecule has 0 amide bonds. The highest BCUT2D eigenvalue weighted by Crippen LogP contribution is 2.26. The zero-order chi connectivity index (χ0) is 10.8. The van der Waals surface area contributed by atoms with Gasteiger partial charge in [-0.1, -0.05) is 6.07 Å². The summed E-state index contributed by atoms with van der Waals surface area (Å²) in [5.41, 5.74) is 2.60. The summed E-state index contributed by atoms with van der Waals surface area (Å²) in [7, 11) is 0. The zero-order valence-corrected chi connectivity index (χ0v) is 8.03. The van der Waals surface area contributed by atoms with Crippen LogP contribution in [0.2, 0.25) is 0 Å². The van der Waals surface area contributed by atoms with E-state index < -0.39 is 0 Å². The normalized spacial score (nSPS) is 13.5. The van der Waals surface area contributed by atoms with Gasteiger partial charge in [-0.25, -0.2) is 4.79 Å². The van der Waals surface area contributed by atoms with E-state index in [1.807, 2.05) is 0 Å². The summed E-state index contributed by atoms with van der Waals surface area (Å²) in [6.07, 6.45) is 1.02. The minimum absolute atomic E-state index is 0.178. The number of hydrogen-bond acceptors (Lipinski definition) is 4. The summed E-state index contributed by atoms with van der Waals surface area (Å²) in [6.45, 7) is 0.0136. The first kappa shape index (κ1) is 9.86. The molecule has 1 aromatic carbocycles. The van der Waals surface area contributed by atoms with Crippen LogP contribution in [-0.2, 0) is 29.2 Å². The first-order valence-electron chi connectivity index (χ1n) is 4.63. The average Bonchev–Trinajstić information content (AvgIpc) is 2.61. The summed E-state index contributed by atoms with van der Waals surface area (Å²) in [5, 5.41) is 9.21. The van der Waals surface area contributed by atoms with Crippen LogP contribution in [-0.4, -0.2) is 17.4 Å². The molecule has 1 N–H and O–H groups in total. The van der Waals surface area contributed by atoms with Crippen molar-refractivity contribution in [3.8, 4) is 0 Å². The Kier molecular flexibility index (Phi) is 2.51. The third kappa shape index (κ3) is 1.53. The van der Waals surface area contributed by atoms with Crippen molar-refractivity contribution in [1.82, 2.24) is 0 Å². The quantitative estimate of drug-likeness (QED) is 0.580. The highest BCUT2D eigenvalue weighted by molar-refractivity contribution is 5.94. The predicted molar refractivity (Wildman–Crippen MR) is 51.3 cm³/mol. The Morgan fingerprint density at radius 1 is 1.47 bits per heavy atom. The van der Waals surface area contributed by atoms with Gasteiger partial charge in [0.1, 0.15) is 12.9 Å². The first-order valence-corrected chi connectivity index (χ1v) is 4.63. The van der Waals surface area contributed by atoms with Gasteiger partial charge in [-0.05, 0) is 17.2 Å². The zero-order valence-electron chi connectivity index (χ0n) is 8.03. The van der Waals surface area contributed by atoms with Gasteiger partial charge < -0.3 is 14.6 Å². The topological polar surface area (TPSA) is 63.6 Å². The van der Waals surface area contributed by atoms with Gasteiger partial charge in [-0.3, -0.25) is 0 Å². The molecule has 1 aliphatic heterocycles. The molecular weight excluding hydrogens is 196 g/mol. The van der Waals surface area contributed by atoms with Crippen LogP contribution in [0.5, 0.6) is 0 Å². The summed E-state index contributed by atoms with van der Waals surface area (Å²) >= 11 is 0. The molecule has 0 unspecified atom stereocenters. The lowest BCUT2D eigenvalue weighted by Gasteiger charge is -2.07. The fourth-order valence-electron chi connectivity index (χ4n) is 1.79. The van der Waals surface area contributed by atoms with E-state index in [9.17, 15) is 14.7 Å². The molecule has 1 aliphatic rings. The number of rotatable bonds is 3. The Balaban J connectivity index is 2.54. The molecule has 0 saturated heterocycles. The fraction of sp³-hybridized carbons (Fsp3) is 0.273. The number of aliphatic hydroxyl groups is 1. The van der Waals surface area contributed by atoms with Crippen LogP contribution >= 0.6 is 0 Å². The van der Waals surface area contributed by atoms with Crippen LogP contribution in [0.1, 0.15) is 27.0 Å². The molecule has 2 rings (SSSR count). The molecule has 15 heavy (non-hydrogen) atoms. The van der Waals surface area contributed by atoms with Crippen LogP contribution in [0, 0.1) is 0 Å². The molecule has 1 aromatic rings. The Hall–Kier alpha value is -1.68. The number of cyclic esters (lactones) is 1. The van der Waals surface area contributed by atoms with Gasteiger partial charge in [0.05, 0.1) is 12.2 Å². The number of fused-ring (bicyclic) bond motifs is 1. The van der Waals surface area contributed by atoms with Crippen molar-refractivity contribution >= 4 is 12.3 Å².